The Labute approximate surface area is 293 Å². The van der Waals surface area contributed by atoms with E-state index >= 15 is 0 Å². The van der Waals surface area contributed by atoms with E-state index in [2.05, 4.69) is 20.4 Å². The minimum atomic E-state index is -4.19. The summed E-state index contributed by atoms with van der Waals surface area (Å²) in [6, 6.07) is 0. The molecule has 2 unspecified atom stereocenters. The summed E-state index contributed by atoms with van der Waals surface area (Å²) in [4.78, 5) is 10.2. The maximum Gasteiger partial charge on any atom is 0.472 e. The minimum Gasteiger partial charge on any atom is -0.496 e. The zero-order valence-electron chi connectivity index (χ0n) is 32.1. The van der Waals surface area contributed by atoms with Crippen LogP contribution >= 0.6 is 7.82 Å². The van der Waals surface area contributed by atoms with E-state index in [0.717, 1.165) is 25.7 Å². The third-order valence-corrected chi connectivity index (χ3v) is 9.85. The summed E-state index contributed by atoms with van der Waals surface area (Å²) in [6.45, 7) is 10.4. The molecule has 2 atom stereocenters. The molecule has 0 amide bonds. The maximum absolute atomic E-state index is 12.5. The number of ether oxygens (including phenoxy) is 2. The zero-order valence-corrected chi connectivity index (χ0v) is 33.0. The van der Waals surface area contributed by atoms with Gasteiger partial charge in [-0.3, -0.25) is 9.05 Å². The molecule has 8 heteroatoms. The first-order chi connectivity index (χ1) is 22.6. The molecule has 282 valence electrons. The van der Waals surface area contributed by atoms with Crippen LogP contribution in [0.25, 0.3) is 0 Å². The van der Waals surface area contributed by atoms with Crippen LogP contribution in [0.1, 0.15) is 181 Å². The molecule has 0 saturated carbocycles. The van der Waals surface area contributed by atoms with Crippen molar-refractivity contribution in [2.45, 2.75) is 187 Å². The number of hydrogen-bond donors (Lipinski definition) is 1. The summed E-state index contributed by atoms with van der Waals surface area (Å²) in [5.74, 6) is 0.463. The maximum atomic E-state index is 12.5. The molecular weight excluding hydrogens is 609 g/mol. The van der Waals surface area contributed by atoms with Gasteiger partial charge in [0, 0.05) is 6.61 Å². The molecule has 0 aliphatic carbocycles. The third-order valence-electron chi connectivity index (χ3n) is 8.87. The molecule has 0 saturated heterocycles. The lowest BCUT2D eigenvalue weighted by molar-refractivity contribution is -0.870. The first-order valence-corrected chi connectivity index (χ1v) is 21.5. The van der Waals surface area contributed by atoms with E-state index in [1.807, 2.05) is 21.1 Å². The van der Waals surface area contributed by atoms with Gasteiger partial charge in [-0.05, 0) is 12.8 Å². The summed E-state index contributed by atoms with van der Waals surface area (Å²) in [5, 5.41) is 0. The molecule has 0 bridgehead atoms. The predicted octanol–water partition coefficient (Wildman–Crippen LogP) is 11.9. The van der Waals surface area contributed by atoms with Gasteiger partial charge in [-0.25, -0.2) is 4.57 Å². The van der Waals surface area contributed by atoms with Crippen molar-refractivity contribution in [1.29, 1.82) is 0 Å². The quantitative estimate of drug-likeness (QED) is 0.0301. The Morgan fingerprint density at radius 2 is 0.936 bits per heavy atom. The Morgan fingerprint density at radius 3 is 1.32 bits per heavy atom. The first-order valence-electron chi connectivity index (χ1n) is 20.0. The van der Waals surface area contributed by atoms with Crippen molar-refractivity contribution < 1.29 is 32.5 Å². The Morgan fingerprint density at radius 1 is 0.574 bits per heavy atom. The van der Waals surface area contributed by atoms with Crippen molar-refractivity contribution >= 4 is 7.82 Å². The number of rotatable bonds is 38. The second-order valence-electron chi connectivity index (χ2n) is 14.8. The second kappa shape index (κ2) is 32.8. The fraction of sp³-hybridized carbons (Fsp3) is 0.949. The van der Waals surface area contributed by atoms with E-state index in [-0.39, 0.29) is 13.2 Å². The number of quaternary nitrogens is 1. The zero-order chi connectivity index (χ0) is 34.9. The molecular formula is C39H81NO6P+. The van der Waals surface area contributed by atoms with Crippen molar-refractivity contribution in [3.05, 3.63) is 12.3 Å². The van der Waals surface area contributed by atoms with E-state index in [0.29, 0.717) is 30.0 Å². The molecule has 0 spiro atoms. The summed E-state index contributed by atoms with van der Waals surface area (Å²) < 4.78 is 35.7. The number of nitrogens with zero attached hydrogens (tertiary/aromatic N) is 1. The second-order valence-corrected chi connectivity index (χ2v) is 16.2. The largest absolute Gasteiger partial charge is 0.496 e. The molecule has 0 aliphatic heterocycles. The Hall–Kier alpha value is -0.430. The lowest BCUT2D eigenvalue weighted by Crippen LogP contribution is -2.37. The van der Waals surface area contributed by atoms with Crippen LogP contribution in [0.15, 0.2) is 12.3 Å². The highest BCUT2D eigenvalue weighted by atomic mass is 31.2. The van der Waals surface area contributed by atoms with Crippen LogP contribution in [-0.4, -0.2) is 69.6 Å². The van der Waals surface area contributed by atoms with Crippen molar-refractivity contribution in [2.24, 2.45) is 0 Å². The molecule has 0 aromatic rings. The molecule has 0 aromatic heterocycles. The SMILES string of the molecule is C=C(OCCCCCCCCCCCCCCC)C(COP(=O)(O)OCC[N+](C)(C)C)OCCCCCCCCCCCCCCC. The normalized spacial score (nSPS) is 13.9. The highest BCUT2D eigenvalue weighted by molar-refractivity contribution is 7.47. The number of unbranched alkanes of at least 4 members (excludes halogenated alkanes) is 24. The highest BCUT2D eigenvalue weighted by Gasteiger charge is 2.26. The lowest BCUT2D eigenvalue weighted by atomic mass is 10.0. The van der Waals surface area contributed by atoms with Gasteiger partial charge in [-0.15, -0.1) is 0 Å². The van der Waals surface area contributed by atoms with Crippen molar-refractivity contribution in [2.75, 3.05) is 54.1 Å². The monoisotopic (exact) mass is 691 g/mol. The molecule has 0 radical (unpaired) electrons. The van der Waals surface area contributed by atoms with Gasteiger partial charge in [0.05, 0.1) is 34.4 Å². The van der Waals surface area contributed by atoms with E-state index in [1.165, 1.54) is 141 Å². The van der Waals surface area contributed by atoms with Crippen molar-refractivity contribution in [3.8, 4) is 0 Å². The lowest BCUT2D eigenvalue weighted by Gasteiger charge is -2.25. The van der Waals surface area contributed by atoms with Gasteiger partial charge in [0.2, 0.25) is 0 Å². The summed E-state index contributed by atoms with van der Waals surface area (Å²) in [5.41, 5.74) is 0. The molecule has 0 aliphatic rings. The number of phosphoric acid groups is 1. The molecule has 7 nitrogen and oxygen atoms in total. The van der Waals surface area contributed by atoms with Gasteiger partial charge in [-0.1, -0.05) is 175 Å². The van der Waals surface area contributed by atoms with Crippen LogP contribution in [0.4, 0.5) is 0 Å². The fourth-order valence-corrected chi connectivity index (χ4v) is 6.34. The molecule has 0 fully saturated rings. The van der Waals surface area contributed by atoms with E-state index in [4.69, 9.17) is 18.5 Å². The first kappa shape index (κ1) is 46.6. The predicted molar refractivity (Wildman–Crippen MR) is 201 cm³/mol. The smallest absolute Gasteiger partial charge is 0.472 e. The topological polar surface area (TPSA) is 74.2 Å². The third kappa shape index (κ3) is 35.2. The average molecular weight is 691 g/mol. The van der Waals surface area contributed by atoms with E-state index in [1.54, 1.807) is 0 Å². The Kier molecular flexibility index (Phi) is 32.5. The van der Waals surface area contributed by atoms with Crippen LogP contribution in [0.3, 0.4) is 0 Å². The summed E-state index contributed by atoms with van der Waals surface area (Å²) in [6.07, 6.45) is 33.2. The number of likely N-dealkylation sites (N-methyl/N-ethyl adjacent to an activating group) is 1. The Bertz CT molecular complexity index is 729. The van der Waals surface area contributed by atoms with Gasteiger partial charge in [0.25, 0.3) is 0 Å². The van der Waals surface area contributed by atoms with Crippen LogP contribution in [0, 0.1) is 0 Å². The minimum absolute atomic E-state index is 0.117. The van der Waals surface area contributed by atoms with Gasteiger partial charge in [0.1, 0.15) is 25.0 Å². The standard InChI is InChI=1S/C39H80NO6P/c1-7-9-11-13-15-17-19-21-23-25-27-29-31-34-43-38(3)39(37-46-47(41,42)45-36-33-40(4,5)6)44-35-32-30-28-26-24-22-20-18-16-14-12-10-8-2/h39H,3,7-37H2,1-2,4-6H3/p+1. The van der Waals surface area contributed by atoms with Gasteiger partial charge in [0.15, 0.2) is 0 Å². The molecule has 47 heavy (non-hydrogen) atoms. The summed E-state index contributed by atoms with van der Waals surface area (Å²) >= 11 is 0. The summed E-state index contributed by atoms with van der Waals surface area (Å²) in [7, 11) is 1.82. The number of phosphoric ester groups is 1. The van der Waals surface area contributed by atoms with Crippen LogP contribution in [-0.2, 0) is 23.1 Å². The fourth-order valence-electron chi connectivity index (χ4n) is 5.62. The van der Waals surface area contributed by atoms with E-state index in [9.17, 15) is 9.46 Å². The number of hydrogen-bond acceptors (Lipinski definition) is 5. The van der Waals surface area contributed by atoms with E-state index < -0.39 is 13.9 Å². The van der Waals surface area contributed by atoms with Gasteiger partial charge < -0.3 is 18.9 Å². The van der Waals surface area contributed by atoms with Crippen LogP contribution < -0.4 is 0 Å². The van der Waals surface area contributed by atoms with Crippen LogP contribution in [0.5, 0.6) is 0 Å². The average Bonchev–Trinajstić information content (AvgIpc) is 3.01. The molecule has 0 rings (SSSR count). The molecule has 0 heterocycles. The highest BCUT2D eigenvalue weighted by Crippen LogP contribution is 2.43. The van der Waals surface area contributed by atoms with Crippen molar-refractivity contribution in [1.82, 2.24) is 0 Å². The van der Waals surface area contributed by atoms with Gasteiger partial charge in [-0.2, -0.15) is 0 Å². The molecule has 1 N–H and O–H groups in total. The Balaban J connectivity index is 4.26. The van der Waals surface area contributed by atoms with Crippen LogP contribution in [0.2, 0.25) is 0 Å². The molecule has 0 aromatic carbocycles. The van der Waals surface area contributed by atoms with Crippen molar-refractivity contribution in [3.63, 3.8) is 0 Å². The van der Waals surface area contributed by atoms with Gasteiger partial charge >= 0.3 is 7.82 Å².